The molecule has 1 unspecified atom stereocenters. The Labute approximate surface area is 100 Å². The van der Waals surface area contributed by atoms with Crippen molar-refractivity contribution in [3.63, 3.8) is 0 Å². The Hall–Kier alpha value is -1.55. The van der Waals surface area contributed by atoms with Crippen molar-refractivity contribution >= 4 is 5.97 Å². The molecule has 0 spiro atoms. The van der Waals surface area contributed by atoms with Crippen LogP contribution in [0.2, 0.25) is 0 Å². The summed E-state index contributed by atoms with van der Waals surface area (Å²) in [6.07, 6.45) is 2.33. The van der Waals surface area contributed by atoms with E-state index in [9.17, 15) is 4.79 Å². The van der Waals surface area contributed by atoms with Crippen LogP contribution in [-0.4, -0.2) is 23.7 Å². The molecule has 0 fully saturated rings. The van der Waals surface area contributed by atoms with Crippen molar-refractivity contribution in [3.8, 4) is 5.75 Å². The largest absolute Gasteiger partial charge is 0.493 e. The Morgan fingerprint density at radius 1 is 1.53 bits per heavy atom. The van der Waals surface area contributed by atoms with Gasteiger partial charge in [0.25, 0.3) is 0 Å². The summed E-state index contributed by atoms with van der Waals surface area (Å²) in [5.74, 6) is 0.177. The van der Waals surface area contributed by atoms with Crippen LogP contribution in [0.25, 0.3) is 0 Å². The number of ether oxygens (including phenoxy) is 1. The average molecular weight is 235 g/mol. The molecule has 1 aromatic carbocycles. The summed E-state index contributed by atoms with van der Waals surface area (Å²) in [7, 11) is 0. The second-order valence-corrected chi connectivity index (χ2v) is 4.44. The quantitative estimate of drug-likeness (QED) is 0.808. The molecule has 0 aliphatic carbocycles. The first-order chi connectivity index (χ1) is 8.15. The number of carboxylic acids is 1. The van der Waals surface area contributed by atoms with Crippen molar-refractivity contribution in [1.82, 2.24) is 0 Å². The monoisotopic (exact) mass is 235 g/mol. The van der Waals surface area contributed by atoms with Crippen molar-refractivity contribution in [2.45, 2.75) is 31.7 Å². The molecule has 1 atom stereocenters. The van der Waals surface area contributed by atoms with Crippen molar-refractivity contribution in [2.75, 3.05) is 6.61 Å². The van der Waals surface area contributed by atoms with E-state index in [-0.39, 0.29) is 12.5 Å². The molecule has 0 bridgehead atoms. The number of nitrogens with two attached hydrogens (primary N) is 1. The third-order valence-corrected chi connectivity index (χ3v) is 2.98. The highest BCUT2D eigenvalue weighted by Crippen LogP contribution is 2.26. The molecule has 4 nitrogen and oxygen atoms in total. The average Bonchev–Trinajstić information content (AvgIpc) is 2.73. The molecule has 3 N–H and O–H groups in total. The minimum atomic E-state index is -0.789. The lowest BCUT2D eigenvalue weighted by Gasteiger charge is -2.11. The smallest absolute Gasteiger partial charge is 0.303 e. The van der Waals surface area contributed by atoms with Crippen molar-refractivity contribution < 1.29 is 14.6 Å². The molecule has 0 saturated carbocycles. The molecule has 1 heterocycles. The highest BCUT2D eigenvalue weighted by Gasteiger charge is 2.13. The molecule has 0 aromatic heterocycles. The fraction of sp³-hybridized carbons (Fsp3) is 0.462. The zero-order valence-corrected chi connectivity index (χ0v) is 9.69. The number of fused-ring (bicyclic) bond motifs is 1. The molecule has 92 valence electrons. The van der Waals surface area contributed by atoms with Gasteiger partial charge in [0.15, 0.2) is 0 Å². The van der Waals surface area contributed by atoms with Gasteiger partial charge in [0.2, 0.25) is 0 Å². The Morgan fingerprint density at radius 3 is 3.12 bits per heavy atom. The van der Waals surface area contributed by atoms with Gasteiger partial charge in [-0.1, -0.05) is 12.1 Å². The minimum absolute atomic E-state index is 0.0912. The second-order valence-electron chi connectivity index (χ2n) is 4.44. The third kappa shape index (κ3) is 3.20. The number of rotatable bonds is 5. The van der Waals surface area contributed by atoms with Gasteiger partial charge in [0.1, 0.15) is 5.75 Å². The minimum Gasteiger partial charge on any atom is -0.493 e. The van der Waals surface area contributed by atoms with Crippen LogP contribution in [0.5, 0.6) is 5.75 Å². The van der Waals surface area contributed by atoms with Crippen molar-refractivity contribution in [3.05, 3.63) is 29.3 Å². The highest BCUT2D eigenvalue weighted by molar-refractivity contribution is 5.66. The van der Waals surface area contributed by atoms with E-state index in [1.54, 1.807) is 0 Å². The van der Waals surface area contributed by atoms with E-state index >= 15 is 0 Å². The Bertz CT molecular complexity index is 417. The zero-order valence-electron chi connectivity index (χ0n) is 9.69. The predicted octanol–water partition coefficient (Wildman–Crippen LogP) is 1.36. The lowest BCUT2D eigenvalue weighted by Crippen LogP contribution is -2.23. The second kappa shape index (κ2) is 5.19. The Balaban J connectivity index is 1.92. The first kappa shape index (κ1) is 11.9. The van der Waals surface area contributed by atoms with E-state index in [4.69, 9.17) is 15.6 Å². The van der Waals surface area contributed by atoms with Crippen LogP contribution in [0.4, 0.5) is 0 Å². The normalized spacial score (nSPS) is 15.1. The lowest BCUT2D eigenvalue weighted by atomic mass is 10.00. The number of carbonyl (C=O) groups is 1. The van der Waals surface area contributed by atoms with Crippen LogP contribution in [0, 0.1) is 0 Å². The molecule has 0 radical (unpaired) electrons. The molecule has 1 aliphatic heterocycles. The van der Waals surface area contributed by atoms with Crippen LogP contribution < -0.4 is 10.5 Å². The fourth-order valence-corrected chi connectivity index (χ4v) is 2.08. The maximum atomic E-state index is 10.4. The molecule has 4 heteroatoms. The molecular weight excluding hydrogens is 218 g/mol. The number of aliphatic carboxylic acids is 1. The third-order valence-electron chi connectivity index (χ3n) is 2.98. The summed E-state index contributed by atoms with van der Waals surface area (Å²) in [6.45, 7) is 0.754. The van der Waals surface area contributed by atoms with E-state index in [0.717, 1.165) is 30.8 Å². The van der Waals surface area contributed by atoms with Crippen LogP contribution >= 0.6 is 0 Å². The van der Waals surface area contributed by atoms with E-state index in [1.165, 1.54) is 5.56 Å². The van der Waals surface area contributed by atoms with Gasteiger partial charge < -0.3 is 15.6 Å². The Morgan fingerprint density at radius 2 is 2.35 bits per heavy atom. The Kier molecular flexibility index (Phi) is 3.64. The topological polar surface area (TPSA) is 72.6 Å². The first-order valence-electron chi connectivity index (χ1n) is 5.87. The molecular formula is C13H17NO3. The van der Waals surface area contributed by atoms with Gasteiger partial charge in [-0.25, -0.2) is 0 Å². The van der Waals surface area contributed by atoms with Crippen LogP contribution in [0.1, 0.15) is 24.0 Å². The van der Waals surface area contributed by atoms with Gasteiger partial charge >= 0.3 is 5.97 Å². The van der Waals surface area contributed by atoms with Crippen LogP contribution in [-0.2, 0) is 17.6 Å². The fourth-order valence-electron chi connectivity index (χ4n) is 2.08. The van der Waals surface area contributed by atoms with Crippen molar-refractivity contribution in [2.24, 2.45) is 5.73 Å². The summed E-state index contributed by atoms with van der Waals surface area (Å²) in [6, 6.07) is 6.00. The summed E-state index contributed by atoms with van der Waals surface area (Å²) in [5, 5.41) is 8.58. The first-order valence-corrected chi connectivity index (χ1v) is 5.87. The van der Waals surface area contributed by atoms with E-state index in [2.05, 4.69) is 6.07 Å². The van der Waals surface area contributed by atoms with Gasteiger partial charge in [-0.2, -0.15) is 0 Å². The van der Waals surface area contributed by atoms with Crippen LogP contribution in [0.15, 0.2) is 18.2 Å². The van der Waals surface area contributed by atoms with Gasteiger partial charge in [-0.05, 0) is 30.0 Å². The van der Waals surface area contributed by atoms with Crippen LogP contribution in [0.3, 0.4) is 0 Å². The van der Waals surface area contributed by atoms with Gasteiger partial charge in [0.05, 0.1) is 6.61 Å². The highest BCUT2D eigenvalue weighted by atomic mass is 16.5. The maximum absolute atomic E-state index is 10.4. The SMILES string of the molecule is NC(CCC(=O)O)Cc1ccc2c(c1)CCO2. The number of benzene rings is 1. The standard InChI is InChI=1S/C13H17NO3/c14-11(2-4-13(15)16)8-9-1-3-12-10(7-9)5-6-17-12/h1,3,7,11H,2,4-6,8,14H2,(H,15,16). The molecule has 17 heavy (non-hydrogen) atoms. The summed E-state index contributed by atoms with van der Waals surface area (Å²) >= 11 is 0. The zero-order chi connectivity index (χ0) is 12.3. The summed E-state index contributed by atoms with van der Waals surface area (Å²) in [5.41, 5.74) is 8.29. The molecule has 1 aliphatic rings. The number of carboxylic acid groups (broad SMARTS) is 1. The molecule has 2 rings (SSSR count). The number of hydrogen-bond donors (Lipinski definition) is 2. The van der Waals surface area contributed by atoms with Crippen molar-refractivity contribution in [1.29, 1.82) is 0 Å². The summed E-state index contributed by atoms with van der Waals surface area (Å²) in [4.78, 5) is 10.4. The number of hydrogen-bond acceptors (Lipinski definition) is 3. The van der Waals surface area contributed by atoms with E-state index < -0.39 is 5.97 Å². The molecule has 0 saturated heterocycles. The van der Waals surface area contributed by atoms with Gasteiger partial charge in [-0.15, -0.1) is 0 Å². The van der Waals surface area contributed by atoms with Gasteiger partial charge in [0, 0.05) is 18.9 Å². The summed E-state index contributed by atoms with van der Waals surface area (Å²) < 4.78 is 5.43. The molecule has 0 amide bonds. The van der Waals surface area contributed by atoms with Gasteiger partial charge in [-0.3, -0.25) is 4.79 Å². The van der Waals surface area contributed by atoms with E-state index in [1.807, 2.05) is 12.1 Å². The lowest BCUT2D eigenvalue weighted by molar-refractivity contribution is -0.137. The molecule has 1 aromatic rings. The van der Waals surface area contributed by atoms with E-state index in [0.29, 0.717) is 6.42 Å². The predicted molar refractivity (Wildman–Crippen MR) is 64.2 cm³/mol. The maximum Gasteiger partial charge on any atom is 0.303 e.